The molecule has 0 amide bonds. The van der Waals surface area contributed by atoms with Crippen LogP contribution in [-0.4, -0.2) is 43.6 Å². The number of aromatic amines is 1. The van der Waals surface area contributed by atoms with Crippen molar-refractivity contribution in [3.63, 3.8) is 0 Å². The second kappa shape index (κ2) is 9.39. The Balaban J connectivity index is 1.66. The maximum absolute atomic E-state index is 10.7. The first-order valence-corrected chi connectivity index (χ1v) is 10.9. The predicted molar refractivity (Wildman–Crippen MR) is 134 cm³/mol. The predicted octanol–water partition coefficient (Wildman–Crippen LogP) is 5.72. The highest BCUT2D eigenvalue weighted by Gasteiger charge is 2.20. The Kier molecular flexibility index (Phi) is 6.56. The first-order valence-electron chi connectivity index (χ1n) is 10.1. The van der Waals surface area contributed by atoms with Gasteiger partial charge in [0.05, 0.1) is 29.8 Å². The van der Waals surface area contributed by atoms with Crippen LogP contribution in [0.2, 0.25) is 10.0 Å². The van der Waals surface area contributed by atoms with Crippen molar-refractivity contribution in [2.75, 3.05) is 38.5 Å². The van der Waals surface area contributed by atoms with Gasteiger partial charge >= 0.3 is 0 Å². The van der Waals surface area contributed by atoms with Gasteiger partial charge in [0.2, 0.25) is 0 Å². The molecule has 0 aliphatic heterocycles. The highest BCUT2D eigenvalue weighted by molar-refractivity contribution is 6.41. The number of aliphatic hydroxyl groups is 1. The van der Waals surface area contributed by atoms with E-state index < -0.39 is 6.23 Å². The van der Waals surface area contributed by atoms with E-state index in [9.17, 15) is 5.11 Å². The average Bonchev–Trinajstić information content (AvgIpc) is 3.21. The molecule has 4 rings (SSSR count). The summed E-state index contributed by atoms with van der Waals surface area (Å²) >= 11 is 13.1. The van der Waals surface area contributed by atoms with Gasteiger partial charge in [0.15, 0.2) is 12.0 Å². The maximum atomic E-state index is 10.7. The van der Waals surface area contributed by atoms with E-state index in [1.54, 1.807) is 6.07 Å². The van der Waals surface area contributed by atoms with Crippen molar-refractivity contribution in [2.45, 2.75) is 6.23 Å². The molecule has 0 spiro atoms. The minimum Gasteiger partial charge on any atom is -0.495 e. The molecule has 33 heavy (non-hydrogen) atoms. The lowest BCUT2D eigenvalue weighted by Crippen LogP contribution is -2.12. The van der Waals surface area contributed by atoms with Gasteiger partial charge in [-0.2, -0.15) is 5.10 Å². The number of nitrogens with zero attached hydrogens (tertiary/aromatic N) is 2. The van der Waals surface area contributed by atoms with Gasteiger partial charge in [0.1, 0.15) is 11.5 Å². The molecule has 1 unspecified atom stereocenters. The molecule has 7 nitrogen and oxygen atoms in total. The third-order valence-corrected chi connectivity index (χ3v) is 6.17. The number of aliphatic hydroxyl groups excluding tert-OH is 1. The van der Waals surface area contributed by atoms with Gasteiger partial charge < -0.3 is 24.8 Å². The summed E-state index contributed by atoms with van der Waals surface area (Å²) < 4.78 is 10.7. The third kappa shape index (κ3) is 4.39. The molecule has 0 aliphatic carbocycles. The number of ether oxygens (including phenoxy) is 2. The molecule has 1 aromatic heterocycles. The van der Waals surface area contributed by atoms with Crippen LogP contribution >= 0.6 is 23.2 Å². The van der Waals surface area contributed by atoms with Crippen LogP contribution in [0, 0.1) is 0 Å². The molecule has 172 valence electrons. The smallest absolute Gasteiger partial charge is 0.157 e. The number of halogens is 2. The largest absolute Gasteiger partial charge is 0.495 e. The van der Waals surface area contributed by atoms with Crippen LogP contribution in [-0.2, 0) is 0 Å². The molecule has 9 heteroatoms. The zero-order valence-electron chi connectivity index (χ0n) is 18.6. The van der Waals surface area contributed by atoms with Gasteiger partial charge in [-0.05, 0) is 29.8 Å². The molecule has 0 bridgehead atoms. The number of anilines is 2. The average molecular weight is 487 g/mol. The molecule has 0 saturated heterocycles. The number of methoxy groups -OCH3 is 2. The molecule has 0 fully saturated rings. The summed E-state index contributed by atoms with van der Waals surface area (Å²) in [5.41, 5.74) is 3.90. The van der Waals surface area contributed by atoms with E-state index >= 15 is 0 Å². The number of rotatable bonds is 7. The van der Waals surface area contributed by atoms with E-state index in [-0.39, 0.29) is 0 Å². The normalized spacial score (nSPS) is 12.0. The Morgan fingerprint density at radius 2 is 1.61 bits per heavy atom. The van der Waals surface area contributed by atoms with Crippen molar-refractivity contribution < 1.29 is 14.6 Å². The van der Waals surface area contributed by atoms with Crippen LogP contribution in [0.5, 0.6) is 11.5 Å². The van der Waals surface area contributed by atoms with Crippen molar-refractivity contribution in [1.82, 2.24) is 10.2 Å². The molecule has 0 saturated carbocycles. The lowest BCUT2D eigenvalue weighted by molar-refractivity contribution is 0.208. The highest BCUT2D eigenvalue weighted by atomic mass is 35.5. The van der Waals surface area contributed by atoms with Crippen molar-refractivity contribution in [3.05, 3.63) is 64.1 Å². The Morgan fingerprint density at radius 1 is 0.970 bits per heavy atom. The standard InChI is InChI=1S/C24H24Cl2N4O3/c1-30(2)15-8-5-13(6-9-15)24(31)27-23-16-10-7-14(11-17(16)28-29-23)20-21(25)18(32-3)12-19(33-4)22(20)26/h5-12,24,31H,1-4H3,(H2,27,28,29). The fourth-order valence-corrected chi connectivity index (χ4v) is 4.31. The van der Waals surface area contributed by atoms with Gasteiger partial charge in [0.25, 0.3) is 0 Å². The van der Waals surface area contributed by atoms with E-state index in [0.29, 0.717) is 32.9 Å². The summed E-state index contributed by atoms with van der Waals surface area (Å²) in [6, 6.07) is 15.0. The molecule has 0 radical (unpaired) electrons. The number of H-pyrrole nitrogens is 1. The second-order valence-electron chi connectivity index (χ2n) is 7.65. The van der Waals surface area contributed by atoms with Gasteiger partial charge in [-0.15, -0.1) is 0 Å². The minimum atomic E-state index is -0.918. The lowest BCUT2D eigenvalue weighted by atomic mass is 10.0. The van der Waals surface area contributed by atoms with Gasteiger partial charge in [-0.3, -0.25) is 5.10 Å². The summed E-state index contributed by atoms with van der Waals surface area (Å²) in [7, 11) is 7.01. The zero-order chi connectivity index (χ0) is 23.7. The third-order valence-electron chi connectivity index (χ3n) is 5.42. The fraction of sp³-hybridized carbons (Fsp3) is 0.208. The van der Waals surface area contributed by atoms with Crippen LogP contribution < -0.4 is 19.7 Å². The van der Waals surface area contributed by atoms with E-state index in [0.717, 1.165) is 27.7 Å². The van der Waals surface area contributed by atoms with Crippen molar-refractivity contribution in [2.24, 2.45) is 0 Å². The van der Waals surface area contributed by atoms with Crippen molar-refractivity contribution in [3.8, 4) is 22.6 Å². The van der Waals surface area contributed by atoms with Crippen LogP contribution in [0.15, 0.2) is 48.5 Å². The van der Waals surface area contributed by atoms with Crippen molar-refractivity contribution in [1.29, 1.82) is 0 Å². The first kappa shape index (κ1) is 23.0. The van der Waals surface area contributed by atoms with E-state index in [1.807, 2.05) is 61.5 Å². The molecular weight excluding hydrogens is 463 g/mol. The molecule has 3 N–H and O–H groups in total. The Morgan fingerprint density at radius 3 is 2.18 bits per heavy atom. The summed E-state index contributed by atoms with van der Waals surface area (Å²) in [6.07, 6.45) is -0.918. The molecule has 0 aliphatic rings. The number of fused-ring (bicyclic) bond motifs is 1. The Labute approximate surface area is 201 Å². The van der Waals surface area contributed by atoms with Crippen LogP contribution in [0.4, 0.5) is 11.5 Å². The highest BCUT2D eigenvalue weighted by Crippen LogP contribution is 2.46. The first-order chi connectivity index (χ1) is 15.8. The van der Waals surface area contributed by atoms with E-state index in [1.165, 1.54) is 14.2 Å². The van der Waals surface area contributed by atoms with Gasteiger partial charge in [-0.1, -0.05) is 41.4 Å². The van der Waals surface area contributed by atoms with Gasteiger partial charge in [0, 0.05) is 42.4 Å². The van der Waals surface area contributed by atoms with E-state index in [2.05, 4.69) is 15.5 Å². The monoisotopic (exact) mass is 486 g/mol. The molecule has 1 heterocycles. The maximum Gasteiger partial charge on any atom is 0.157 e. The van der Waals surface area contributed by atoms with Crippen LogP contribution in [0.1, 0.15) is 11.8 Å². The van der Waals surface area contributed by atoms with Crippen LogP contribution in [0.3, 0.4) is 0 Å². The molecule has 1 atom stereocenters. The molecule has 3 aromatic carbocycles. The lowest BCUT2D eigenvalue weighted by Gasteiger charge is -2.16. The number of hydrogen-bond acceptors (Lipinski definition) is 6. The Bertz CT molecular complexity index is 1260. The molecular formula is C24H24Cl2N4O3. The van der Waals surface area contributed by atoms with E-state index in [4.69, 9.17) is 32.7 Å². The summed E-state index contributed by atoms with van der Waals surface area (Å²) in [6.45, 7) is 0. The molecule has 4 aromatic rings. The topological polar surface area (TPSA) is 82.6 Å². The SMILES string of the molecule is COc1cc(OC)c(Cl)c(-c2ccc3c(NC(O)c4ccc(N(C)C)cc4)n[nH]c3c2)c1Cl. The number of hydrogen-bond donors (Lipinski definition) is 3. The van der Waals surface area contributed by atoms with Crippen molar-refractivity contribution >= 4 is 45.6 Å². The number of nitrogens with one attached hydrogen (secondary N) is 2. The quantitative estimate of drug-likeness (QED) is 0.289. The van der Waals surface area contributed by atoms with Gasteiger partial charge in [-0.25, -0.2) is 0 Å². The minimum absolute atomic E-state index is 0.386. The van der Waals surface area contributed by atoms with Crippen LogP contribution in [0.25, 0.3) is 22.0 Å². The second-order valence-corrected chi connectivity index (χ2v) is 8.41. The summed E-state index contributed by atoms with van der Waals surface area (Å²) in [5.74, 6) is 1.45. The fourth-order valence-electron chi connectivity index (χ4n) is 3.59. The summed E-state index contributed by atoms with van der Waals surface area (Å²) in [4.78, 5) is 2.00. The Hall–Kier alpha value is -3.13. The number of aromatic nitrogens is 2. The summed E-state index contributed by atoms with van der Waals surface area (Å²) in [5, 5.41) is 22.6. The zero-order valence-corrected chi connectivity index (χ0v) is 20.1. The number of benzene rings is 3.